The van der Waals surface area contributed by atoms with Crippen molar-refractivity contribution in [1.82, 2.24) is 22.8 Å². The molecule has 10 aromatic carbocycles. The molecular weight excluding hydrogens is 863 g/mol. The van der Waals surface area contributed by atoms with E-state index in [4.69, 9.17) is 0 Å². The van der Waals surface area contributed by atoms with Crippen LogP contribution in [-0.2, 0) is 0 Å². The van der Waals surface area contributed by atoms with E-state index in [0.29, 0.717) is 0 Å². The summed E-state index contributed by atoms with van der Waals surface area (Å²) in [4.78, 5) is 0. The van der Waals surface area contributed by atoms with Crippen LogP contribution in [0.5, 0.6) is 0 Å². The predicted octanol–water partition coefficient (Wildman–Crippen LogP) is 17.2. The summed E-state index contributed by atoms with van der Waals surface area (Å²) in [5, 5.41) is 12.5. The molecule has 0 spiro atoms. The molecule has 0 fully saturated rings. The molecule has 0 radical (unpaired) electrons. The fourth-order valence-corrected chi connectivity index (χ4v) is 12.6. The minimum absolute atomic E-state index is 0.244. The number of para-hydroxylation sites is 6. The first-order chi connectivity index (χ1) is 35.2. The minimum Gasteiger partial charge on any atom is -0.333 e. The highest BCUT2D eigenvalue weighted by molar-refractivity contribution is 6.21. The number of hydrogen-bond donors (Lipinski definition) is 0. The quantitative estimate of drug-likeness (QED) is 0.164. The zero-order chi connectivity index (χ0) is 46.3. The first kappa shape index (κ1) is 38.6. The molecule has 5 nitrogen and oxygen atoms in total. The SMILES string of the molecule is C1=CCC(n2c3ccccc3c3cc4c5ccccc5n(-c5cccc(-n6c7ccccc7c7cc8c(cc76)c6ccccc6n8-c6cccc(-n7c8ccccc8c8ccccc87)c6)c5)c4cc32)C=C1. The zero-order valence-electron chi connectivity index (χ0n) is 38.6. The second-order valence-corrected chi connectivity index (χ2v) is 19.2. The summed E-state index contributed by atoms with van der Waals surface area (Å²) in [5.41, 5.74) is 16.6. The Kier molecular flexibility index (Phi) is 7.94. The van der Waals surface area contributed by atoms with Gasteiger partial charge >= 0.3 is 0 Å². The second-order valence-electron chi connectivity index (χ2n) is 19.2. The topological polar surface area (TPSA) is 24.6 Å². The first-order valence-electron chi connectivity index (χ1n) is 24.7. The number of nitrogens with zero attached hydrogens (tertiary/aromatic N) is 5. The van der Waals surface area contributed by atoms with Crippen molar-refractivity contribution in [3.63, 3.8) is 0 Å². The van der Waals surface area contributed by atoms with Crippen LogP contribution >= 0.6 is 0 Å². The molecule has 15 aromatic rings. The molecule has 332 valence electrons. The lowest BCUT2D eigenvalue weighted by Crippen LogP contribution is -2.06. The van der Waals surface area contributed by atoms with Gasteiger partial charge in [-0.25, -0.2) is 0 Å². The van der Waals surface area contributed by atoms with Crippen molar-refractivity contribution in [2.24, 2.45) is 0 Å². The third-order valence-corrected chi connectivity index (χ3v) is 15.5. The number of hydrogen-bond acceptors (Lipinski definition) is 0. The van der Waals surface area contributed by atoms with Gasteiger partial charge in [-0.15, -0.1) is 0 Å². The van der Waals surface area contributed by atoms with Crippen LogP contribution in [-0.4, -0.2) is 22.8 Å². The molecule has 1 aliphatic carbocycles. The third-order valence-electron chi connectivity index (χ3n) is 15.5. The number of rotatable bonds is 5. The van der Waals surface area contributed by atoms with Gasteiger partial charge in [0.2, 0.25) is 0 Å². The highest BCUT2D eigenvalue weighted by Crippen LogP contribution is 2.43. The Labute approximate surface area is 407 Å². The second kappa shape index (κ2) is 14.6. The molecule has 1 aliphatic rings. The Hall–Kier alpha value is -9.32. The van der Waals surface area contributed by atoms with Crippen LogP contribution in [0.2, 0.25) is 0 Å². The van der Waals surface area contributed by atoms with E-state index >= 15 is 0 Å². The third kappa shape index (κ3) is 5.40. The van der Waals surface area contributed by atoms with Gasteiger partial charge in [0, 0.05) is 82.1 Å². The van der Waals surface area contributed by atoms with Gasteiger partial charge < -0.3 is 22.8 Å². The van der Waals surface area contributed by atoms with Crippen LogP contribution in [0, 0.1) is 0 Å². The van der Waals surface area contributed by atoms with Crippen LogP contribution in [0.1, 0.15) is 12.5 Å². The lowest BCUT2D eigenvalue weighted by atomic mass is 10.1. The Balaban J connectivity index is 0.911. The molecule has 5 heteroatoms. The van der Waals surface area contributed by atoms with E-state index in [0.717, 1.165) is 29.2 Å². The van der Waals surface area contributed by atoms with Crippen LogP contribution in [0.25, 0.3) is 132 Å². The molecular formula is C66H43N5. The van der Waals surface area contributed by atoms with E-state index in [9.17, 15) is 0 Å². The summed E-state index contributed by atoms with van der Waals surface area (Å²) in [6.45, 7) is 0. The summed E-state index contributed by atoms with van der Waals surface area (Å²) < 4.78 is 12.4. The number of fused-ring (bicyclic) bond motifs is 15. The van der Waals surface area contributed by atoms with Crippen LogP contribution in [0.15, 0.2) is 243 Å². The van der Waals surface area contributed by atoms with Crippen molar-refractivity contribution in [2.45, 2.75) is 12.5 Å². The number of benzene rings is 10. The average Bonchev–Trinajstić information content (AvgIpc) is 4.21. The molecule has 5 heterocycles. The smallest absolute Gasteiger partial charge is 0.0562 e. The fraction of sp³-hybridized carbons (Fsp3) is 0.0303. The highest BCUT2D eigenvalue weighted by atomic mass is 15.0. The monoisotopic (exact) mass is 905 g/mol. The Morgan fingerprint density at radius 1 is 0.254 bits per heavy atom. The molecule has 0 aliphatic heterocycles. The van der Waals surface area contributed by atoms with Gasteiger partial charge in [0.25, 0.3) is 0 Å². The molecule has 0 bridgehead atoms. The van der Waals surface area contributed by atoms with Crippen molar-refractivity contribution in [3.8, 4) is 22.7 Å². The van der Waals surface area contributed by atoms with E-state index in [2.05, 4.69) is 266 Å². The number of allylic oxidation sites excluding steroid dienone is 4. The van der Waals surface area contributed by atoms with E-state index in [1.807, 2.05) is 0 Å². The van der Waals surface area contributed by atoms with Crippen LogP contribution < -0.4 is 0 Å². The zero-order valence-corrected chi connectivity index (χ0v) is 38.6. The molecule has 1 unspecified atom stereocenters. The molecule has 71 heavy (non-hydrogen) atoms. The molecule has 0 amide bonds. The van der Waals surface area contributed by atoms with Crippen molar-refractivity contribution in [1.29, 1.82) is 0 Å². The predicted molar refractivity (Wildman–Crippen MR) is 299 cm³/mol. The summed E-state index contributed by atoms with van der Waals surface area (Å²) in [6, 6.07) is 81.4. The van der Waals surface area contributed by atoms with Crippen molar-refractivity contribution < 1.29 is 0 Å². The maximum atomic E-state index is 2.56. The Morgan fingerprint density at radius 2 is 0.592 bits per heavy atom. The standard InChI is InChI=1S/C66H43N5/c1-2-18-42(19-3-1)67-59-32-12-6-26-49(59)53-38-54-50-27-7-13-33-60(50)71(66(54)41-65(53)67)46-23-17-22-45(37-46)70-62-35-15-9-29-52(62)56-39-63-55(40-64(56)70)51-28-8-14-34-61(51)69(63)44-21-16-20-43(36-44)68-57-30-10-4-24-47(57)48-25-5-11-31-58(48)68/h1-18,20-42H,19H2. The molecule has 0 N–H and O–H groups in total. The van der Waals surface area contributed by atoms with Gasteiger partial charge in [-0.05, 0) is 103 Å². The average molecular weight is 906 g/mol. The highest BCUT2D eigenvalue weighted by Gasteiger charge is 2.23. The maximum Gasteiger partial charge on any atom is 0.0562 e. The molecule has 1 atom stereocenters. The first-order valence-corrected chi connectivity index (χ1v) is 24.7. The molecule has 16 rings (SSSR count). The Bertz CT molecular complexity index is 4750. The van der Waals surface area contributed by atoms with Gasteiger partial charge in [0.15, 0.2) is 0 Å². The van der Waals surface area contributed by atoms with E-state index in [1.165, 1.54) is 109 Å². The summed E-state index contributed by atoms with van der Waals surface area (Å²) in [7, 11) is 0. The molecule has 0 saturated carbocycles. The fourth-order valence-electron chi connectivity index (χ4n) is 12.6. The number of aromatic nitrogens is 5. The van der Waals surface area contributed by atoms with Gasteiger partial charge in [-0.1, -0.05) is 146 Å². The lowest BCUT2D eigenvalue weighted by Gasteiger charge is -2.18. The summed E-state index contributed by atoms with van der Waals surface area (Å²) in [6.07, 6.45) is 9.96. The Morgan fingerprint density at radius 3 is 1.01 bits per heavy atom. The van der Waals surface area contributed by atoms with Crippen molar-refractivity contribution in [3.05, 3.63) is 243 Å². The van der Waals surface area contributed by atoms with Gasteiger partial charge in [-0.2, -0.15) is 0 Å². The lowest BCUT2D eigenvalue weighted by molar-refractivity contribution is 0.648. The van der Waals surface area contributed by atoms with Crippen LogP contribution in [0.4, 0.5) is 0 Å². The summed E-state index contributed by atoms with van der Waals surface area (Å²) in [5.74, 6) is 0. The maximum absolute atomic E-state index is 2.56. The largest absolute Gasteiger partial charge is 0.333 e. The van der Waals surface area contributed by atoms with Gasteiger partial charge in [0.1, 0.15) is 0 Å². The molecule has 5 aromatic heterocycles. The van der Waals surface area contributed by atoms with E-state index in [1.54, 1.807) is 0 Å². The normalized spacial score (nSPS) is 14.2. The van der Waals surface area contributed by atoms with E-state index in [-0.39, 0.29) is 6.04 Å². The van der Waals surface area contributed by atoms with E-state index < -0.39 is 0 Å². The minimum atomic E-state index is 0.244. The van der Waals surface area contributed by atoms with Crippen molar-refractivity contribution >= 4 is 109 Å². The van der Waals surface area contributed by atoms with Crippen LogP contribution in [0.3, 0.4) is 0 Å². The van der Waals surface area contributed by atoms with Gasteiger partial charge in [-0.3, -0.25) is 0 Å². The van der Waals surface area contributed by atoms with Crippen molar-refractivity contribution in [2.75, 3.05) is 0 Å². The van der Waals surface area contributed by atoms with Gasteiger partial charge in [0.05, 0.1) is 55.7 Å². The molecule has 0 saturated heterocycles. The summed E-state index contributed by atoms with van der Waals surface area (Å²) >= 11 is 0.